The molecule has 10 nitrogen and oxygen atoms in total. The fourth-order valence-electron chi connectivity index (χ4n) is 8.30. The molecule has 0 amide bonds. The van der Waals surface area contributed by atoms with Crippen LogP contribution in [0.2, 0.25) is 0 Å². The lowest BCUT2D eigenvalue weighted by atomic mass is 9.90. The molecule has 0 unspecified atom stereocenters. The lowest BCUT2D eigenvalue weighted by molar-refractivity contribution is -0.385. The van der Waals surface area contributed by atoms with E-state index in [0.717, 1.165) is 76.1 Å². The Morgan fingerprint density at radius 3 is 1.62 bits per heavy atom. The molecule has 10 rings (SSSR count). The van der Waals surface area contributed by atoms with Gasteiger partial charge >= 0.3 is 0 Å². The van der Waals surface area contributed by atoms with Crippen LogP contribution in [0.25, 0.3) is 33.9 Å². The van der Waals surface area contributed by atoms with E-state index < -0.39 is 15.6 Å². The van der Waals surface area contributed by atoms with Gasteiger partial charge in [0.25, 0.3) is 17.2 Å². The highest BCUT2D eigenvalue weighted by Crippen LogP contribution is 2.49. The second-order valence-electron chi connectivity index (χ2n) is 14.3. The Balaban J connectivity index is 1.41. The van der Waals surface area contributed by atoms with E-state index in [2.05, 4.69) is 41.0 Å². The van der Waals surface area contributed by atoms with Crippen molar-refractivity contribution >= 4 is 22.8 Å². The van der Waals surface area contributed by atoms with E-state index in [9.17, 15) is 20.2 Å². The zero-order chi connectivity index (χ0) is 38.0. The molecule has 7 aromatic rings. The Kier molecular flexibility index (Phi) is 7.67. The van der Waals surface area contributed by atoms with Crippen LogP contribution < -0.4 is 0 Å². The normalized spacial score (nSPS) is 14.8. The lowest BCUT2D eigenvalue weighted by Crippen LogP contribution is -2.32. The van der Waals surface area contributed by atoms with Gasteiger partial charge in [-0.15, -0.1) is 0 Å². The molecular formula is C46H32N6O4. The summed E-state index contributed by atoms with van der Waals surface area (Å²) in [5.74, 6) is -0.791. The van der Waals surface area contributed by atoms with Gasteiger partial charge in [-0.3, -0.25) is 24.8 Å². The monoisotopic (exact) mass is 732 g/mol. The summed E-state index contributed by atoms with van der Waals surface area (Å²) in [5, 5.41) is 23.7. The molecule has 0 N–H and O–H groups in total. The summed E-state index contributed by atoms with van der Waals surface area (Å²) in [5.41, 5.74) is 12.1. The summed E-state index contributed by atoms with van der Waals surface area (Å²) in [7, 11) is 0. The van der Waals surface area contributed by atoms with Gasteiger partial charge in [-0.2, -0.15) is 0 Å². The predicted octanol–water partition coefficient (Wildman–Crippen LogP) is 9.55. The largest absolute Gasteiger partial charge is 0.275 e. The molecule has 3 aliphatic rings. The highest BCUT2D eigenvalue weighted by molar-refractivity contribution is 6.54. The molecule has 56 heavy (non-hydrogen) atoms. The maximum absolute atomic E-state index is 11.9. The topological polar surface area (TPSA) is 129 Å². The third-order valence-electron chi connectivity index (χ3n) is 11.1. The molecule has 4 bridgehead atoms. The van der Waals surface area contributed by atoms with Crippen LogP contribution in [0, 0.1) is 20.2 Å². The van der Waals surface area contributed by atoms with Crippen molar-refractivity contribution in [1.29, 1.82) is 0 Å². The van der Waals surface area contributed by atoms with Crippen molar-refractivity contribution in [3.63, 3.8) is 0 Å². The lowest BCUT2D eigenvalue weighted by Gasteiger charge is -2.31. The first kappa shape index (κ1) is 33.3. The maximum atomic E-state index is 11.9. The summed E-state index contributed by atoms with van der Waals surface area (Å²) in [6, 6.07) is 46.3. The fraction of sp³-hybridized carbons (Fsp3) is 0.109. The second kappa shape index (κ2) is 12.9. The average Bonchev–Trinajstić information content (AvgIpc) is 3.84. The number of fused-ring (bicyclic) bond motifs is 2. The van der Waals surface area contributed by atoms with Crippen molar-refractivity contribution in [1.82, 2.24) is 9.55 Å². The van der Waals surface area contributed by atoms with Gasteiger partial charge < -0.3 is 0 Å². The van der Waals surface area contributed by atoms with Crippen molar-refractivity contribution in [2.24, 2.45) is 9.98 Å². The number of hydrogen-bond acceptors (Lipinski definition) is 7. The highest BCUT2D eigenvalue weighted by Gasteiger charge is 2.47. The van der Waals surface area contributed by atoms with Crippen LogP contribution in [-0.4, -0.2) is 30.8 Å². The molecule has 0 atom stereocenters. The number of nitro benzene ring substituents is 2. The highest BCUT2D eigenvalue weighted by atomic mass is 16.6. The molecule has 1 aromatic heterocycles. The van der Waals surface area contributed by atoms with Crippen LogP contribution in [0.4, 0.5) is 11.4 Å². The van der Waals surface area contributed by atoms with Crippen molar-refractivity contribution in [3.8, 4) is 33.9 Å². The quantitative estimate of drug-likeness (QED) is 0.124. The van der Waals surface area contributed by atoms with Gasteiger partial charge in [0.1, 0.15) is 5.82 Å². The first-order valence-corrected chi connectivity index (χ1v) is 18.5. The Bertz CT molecular complexity index is 2730. The molecule has 0 radical (unpaired) electrons. The van der Waals surface area contributed by atoms with Crippen LogP contribution in [0.5, 0.6) is 0 Å². The van der Waals surface area contributed by atoms with Gasteiger partial charge in [0.15, 0.2) is 0 Å². The Morgan fingerprint density at radius 2 is 1.05 bits per heavy atom. The van der Waals surface area contributed by atoms with Crippen LogP contribution >= 0.6 is 0 Å². The third kappa shape index (κ3) is 5.37. The minimum absolute atomic E-state index is 0.0419. The minimum Gasteiger partial charge on any atom is -0.275 e. The first-order chi connectivity index (χ1) is 27.4. The van der Waals surface area contributed by atoms with Gasteiger partial charge in [0.2, 0.25) is 0 Å². The molecule has 0 saturated heterocycles. The van der Waals surface area contributed by atoms with E-state index >= 15 is 0 Å². The van der Waals surface area contributed by atoms with Crippen molar-refractivity contribution in [2.45, 2.75) is 31.5 Å². The predicted molar refractivity (Wildman–Crippen MR) is 216 cm³/mol. The van der Waals surface area contributed by atoms with Crippen molar-refractivity contribution in [2.75, 3.05) is 0 Å². The molecule has 270 valence electrons. The van der Waals surface area contributed by atoms with E-state index in [-0.39, 0.29) is 11.4 Å². The standard InChI is InChI=1S/C46H32N6O4/c53-51(54)37-23-19-35(20-24-37)43-44(36-21-25-38(26-22-36)52(55)56)50-45(47-43)39-27-29-11-12-30-14-16-32(18-17-31(39)15-13-29)40(28-30)46(50)48-41(33-7-3-1-4-8-33)42(49-46)34-9-5-2-6-10-34/h1-10,13-16,19-28H,11-12,17-18H2. The molecule has 0 saturated carbocycles. The smallest absolute Gasteiger partial charge is 0.269 e. The number of rotatable bonds is 6. The SMILES string of the molecule is O=[N+]([O-])c1ccc(-c2nc3n(c2-c2ccc([N+](=O)[O-])cc2)C2(N=C(c4ccccc4)C(c4ccccc4)=N2)c2cc4ccc2CCc2ccc(cc2-3)CC4)cc1. The third-order valence-corrected chi connectivity index (χ3v) is 11.1. The van der Waals surface area contributed by atoms with Crippen LogP contribution in [-0.2, 0) is 31.5 Å². The average molecular weight is 733 g/mol. The molecular weight excluding hydrogens is 701 g/mol. The summed E-state index contributed by atoms with van der Waals surface area (Å²) in [6.07, 6.45) is 3.12. The van der Waals surface area contributed by atoms with E-state index in [1.165, 1.54) is 29.8 Å². The van der Waals surface area contributed by atoms with E-state index in [0.29, 0.717) is 28.3 Å². The van der Waals surface area contributed by atoms with Crippen molar-refractivity contribution < 1.29 is 9.85 Å². The van der Waals surface area contributed by atoms with Crippen molar-refractivity contribution in [3.05, 3.63) is 205 Å². The minimum atomic E-state index is -1.43. The summed E-state index contributed by atoms with van der Waals surface area (Å²) in [4.78, 5) is 40.0. The zero-order valence-electron chi connectivity index (χ0n) is 30.0. The molecule has 1 spiro atoms. The summed E-state index contributed by atoms with van der Waals surface area (Å²) < 4.78 is 2.13. The zero-order valence-corrected chi connectivity index (χ0v) is 30.0. The van der Waals surface area contributed by atoms with Crippen LogP contribution in [0.15, 0.2) is 156 Å². The van der Waals surface area contributed by atoms with Gasteiger partial charge in [0.05, 0.1) is 32.7 Å². The van der Waals surface area contributed by atoms with Gasteiger partial charge in [-0.05, 0) is 84.3 Å². The number of aliphatic imine (C=N–C) groups is 2. The molecule has 0 fully saturated rings. The number of benzene rings is 6. The fourth-order valence-corrected chi connectivity index (χ4v) is 8.30. The Morgan fingerprint density at radius 1 is 0.536 bits per heavy atom. The molecule has 0 aliphatic carbocycles. The first-order valence-electron chi connectivity index (χ1n) is 18.5. The van der Waals surface area contributed by atoms with Gasteiger partial charge in [-0.1, -0.05) is 84.9 Å². The number of nitrogens with zero attached hydrogens (tertiary/aromatic N) is 6. The number of imidazole rings is 1. The second-order valence-corrected chi connectivity index (χ2v) is 14.3. The number of aromatic nitrogens is 2. The Hall–Kier alpha value is -7.33. The Labute approximate surface area is 321 Å². The van der Waals surface area contributed by atoms with Crippen LogP contribution in [0.1, 0.15) is 38.9 Å². The van der Waals surface area contributed by atoms with Gasteiger partial charge in [-0.25, -0.2) is 15.0 Å². The number of aryl methyl sites for hydroxylation is 4. The molecule has 4 heterocycles. The summed E-state index contributed by atoms with van der Waals surface area (Å²) in [6.45, 7) is 0. The maximum Gasteiger partial charge on any atom is 0.269 e. The van der Waals surface area contributed by atoms with E-state index in [1.807, 2.05) is 60.7 Å². The molecule has 10 heteroatoms. The number of hydrogen-bond donors (Lipinski definition) is 0. The number of non-ortho nitro benzene ring substituents is 2. The van der Waals surface area contributed by atoms with E-state index in [4.69, 9.17) is 15.0 Å². The molecule has 3 aliphatic heterocycles. The van der Waals surface area contributed by atoms with Gasteiger partial charge in [0, 0.05) is 57.6 Å². The molecule has 6 aromatic carbocycles. The van der Waals surface area contributed by atoms with Crippen LogP contribution in [0.3, 0.4) is 0 Å². The number of nitro groups is 2. The summed E-state index contributed by atoms with van der Waals surface area (Å²) >= 11 is 0. The van der Waals surface area contributed by atoms with E-state index in [1.54, 1.807) is 24.3 Å².